The van der Waals surface area contributed by atoms with E-state index in [1.807, 2.05) is 0 Å². The van der Waals surface area contributed by atoms with Gasteiger partial charge in [0.2, 0.25) is 15.9 Å². The predicted octanol–water partition coefficient (Wildman–Crippen LogP) is 0.818. The van der Waals surface area contributed by atoms with Crippen LogP contribution < -0.4 is 15.4 Å². The lowest BCUT2D eigenvalue weighted by molar-refractivity contribution is -0.125. The van der Waals surface area contributed by atoms with Gasteiger partial charge in [0.05, 0.1) is 10.7 Å². The third-order valence-corrected chi connectivity index (χ3v) is 6.72. The fraction of sp³-hybridized carbons (Fsp3) is 0.467. The van der Waals surface area contributed by atoms with Gasteiger partial charge in [-0.05, 0) is 18.9 Å². The average molecular weight is 388 g/mol. The van der Waals surface area contributed by atoms with Gasteiger partial charge in [-0.2, -0.15) is 4.31 Å². The van der Waals surface area contributed by atoms with E-state index in [4.69, 9.17) is 16.3 Å². The first-order valence-corrected chi connectivity index (χ1v) is 9.62. The minimum Gasteiger partial charge on any atom is -0.482 e. The van der Waals surface area contributed by atoms with Crippen LogP contribution in [-0.2, 0) is 19.6 Å². The Morgan fingerprint density at radius 3 is 2.68 bits per heavy atom. The van der Waals surface area contributed by atoms with Crippen molar-refractivity contribution < 1.29 is 22.7 Å². The minimum atomic E-state index is -3.82. The summed E-state index contributed by atoms with van der Waals surface area (Å²) in [5.74, 6) is -0.319. The highest BCUT2D eigenvalue weighted by atomic mass is 35.5. The number of hydrogen-bond donors (Lipinski definition) is 2. The molecule has 0 radical (unpaired) electrons. The van der Waals surface area contributed by atoms with Crippen LogP contribution in [-0.4, -0.2) is 51.3 Å². The Hall–Kier alpha value is -1.84. The predicted molar refractivity (Wildman–Crippen MR) is 91.1 cm³/mol. The molecule has 1 saturated heterocycles. The number of carbonyl (C=O) groups is 2. The van der Waals surface area contributed by atoms with Crippen molar-refractivity contribution in [1.82, 2.24) is 9.62 Å². The molecule has 8 nitrogen and oxygen atoms in total. The van der Waals surface area contributed by atoms with Gasteiger partial charge in [-0.15, -0.1) is 0 Å². The molecule has 0 bridgehead atoms. The lowest BCUT2D eigenvalue weighted by Gasteiger charge is -2.31. The van der Waals surface area contributed by atoms with Gasteiger partial charge in [0.25, 0.3) is 5.91 Å². The first kappa shape index (κ1) is 18.0. The Morgan fingerprint density at radius 1 is 1.36 bits per heavy atom. The Kier molecular flexibility index (Phi) is 4.90. The molecule has 2 aliphatic rings. The molecule has 25 heavy (non-hydrogen) atoms. The molecule has 0 aliphatic carbocycles. The number of amides is 2. The van der Waals surface area contributed by atoms with E-state index in [1.54, 1.807) is 7.05 Å². The molecule has 0 atom stereocenters. The van der Waals surface area contributed by atoms with Crippen LogP contribution in [0.2, 0.25) is 5.02 Å². The topological polar surface area (TPSA) is 105 Å². The summed E-state index contributed by atoms with van der Waals surface area (Å²) in [5.41, 5.74) is 0.346. The number of rotatable bonds is 3. The van der Waals surface area contributed by atoms with Gasteiger partial charge in [0.1, 0.15) is 10.6 Å². The molecule has 2 aliphatic heterocycles. The van der Waals surface area contributed by atoms with E-state index >= 15 is 0 Å². The van der Waals surface area contributed by atoms with Crippen LogP contribution in [0, 0.1) is 5.92 Å². The highest BCUT2D eigenvalue weighted by Gasteiger charge is 2.34. The maximum atomic E-state index is 12.9. The third kappa shape index (κ3) is 3.44. The van der Waals surface area contributed by atoms with Crippen molar-refractivity contribution in [1.29, 1.82) is 0 Å². The lowest BCUT2D eigenvalue weighted by atomic mass is 9.97. The molecule has 0 spiro atoms. The number of nitrogens with zero attached hydrogens (tertiary/aromatic N) is 1. The number of anilines is 1. The quantitative estimate of drug-likeness (QED) is 0.798. The first-order valence-electron chi connectivity index (χ1n) is 7.81. The highest BCUT2D eigenvalue weighted by molar-refractivity contribution is 7.89. The highest BCUT2D eigenvalue weighted by Crippen LogP contribution is 2.37. The Bertz CT molecular complexity index is 819. The molecular formula is C15H18ClN3O5S. The van der Waals surface area contributed by atoms with Crippen molar-refractivity contribution in [2.45, 2.75) is 17.7 Å². The fourth-order valence-electron chi connectivity index (χ4n) is 2.98. The van der Waals surface area contributed by atoms with Gasteiger partial charge in [-0.3, -0.25) is 9.59 Å². The lowest BCUT2D eigenvalue weighted by Crippen LogP contribution is -2.42. The van der Waals surface area contributed by atoms with Crippen LogP contribution in [0.5, 0.6) is 5.75 Å². The number of halogens is 1. The van der Waals surface area contributed by atoms with Crippen LogP contribution >= 0.6 is 11.6 Å². The summed E-state index contributed by atoms with van der Waals surface area (Å²) in [6.07, 6.45) is 0.905. The molecule has 1 fully saturated rings. The zero-order valence-electron chi connectivity index (χ0n) is 13.5. The zero-order valence-corrected chi connectivity index (χ0v) is 15.1. The molecule has 0 saturated carbocycles. The van der Waals surface area contributed by atoms with Gasteiger partial charge in [-0.25, -0.2) is 8.42 Å². The zero-order chi connectivity index (χ0) is 18.2. The SMILES string of the molecule is CNC(=O)C1CCN(S(=O)(=O)c2cc3c(cc2Cl)NC(=O)CO3)CC1. The van der Waals surface area contributed by atoms with Gasteiger partial charge in [0, 0.05) is 32.1 Å². The maximum Gasteiger partial charge on any atom is 0.262 e. The van der Waals surface area contributed by atoms with E-state index in [1.165, 1.54) is 16.4 Å². The Labute approximate surface area is 150 Å². The fourth-order valence-corrected chi connectivity index (χ4v) is 4.97. The standard InChI is InChI=1S/C15H18ClN3O5S/c1-17-15(21)9-2-4-19(5-3-9)25(22,23)13-7-12-11(6-10(13)16)18-14(20)8-24-12/h6-7,9H,2-5,8H2,1H3,(H,17,21)(H,18,20). The second kappa shape index (κ2) is 6.81. The average Bonchev–Trinajstić information content (AvgIpc) is 2.60. The van der Waals surface area contributed by atoms with Crippen LogP contribution in [0.3, 0.4) is 0 Å². The Morgan fingerprint density at radius 2 is 2.04 bits per heavy atom. The Balaban J connectivity index is 1.84. The number of ether oxygens (including phenoxy) is 1. The molecule has 2 heterocycles. The van der Waals surface area contributed by atoms with E-state index in [9.17, 15) is 18.0 Å². The summed E-state index contributed by atoms with van der Waals surface area (Å²) in [7, 11) is -2.25. The first-order chi connectivity index (χ1) is 11.8. The van der Waals surface area contributed by atoms with E-state index in [2.05, 4.69) is 10.6 Å². The summed E-state index contributed by atoms with van der Waals surface area (Å²) in [4.78, 5) is 23.0. The molecular weight excluding hydrogens is 370 g/mol. The molecule has 136 valence electrons. The summed E-state index contributed by atoms with van der Waals surface area (Å²) in [6, 6.07) is 2.70. The van der Waals surface area contributed by atoms with E-state index < -0.39 is 10.0 Å². The van der Waals surface area contributed by atoms with Crippen molar-refractivity contribution in [2.75, 3.05) is 32.1 Å². The van der Waals surface area contributed by atoms with Gasteiger partial charge in [0.15, 0.2) is 6.61 Å². The third-order valence-electron chi connectivity index (χ3n) is 4.36. The van der Waals surface area contributed by atoms with E-state index in [0.29, 0.717) is 18.5 Å². The number of benzene rings is 1. The number of carbonyl (C=O) groups excluding carboxylic acids is 2. The molecule has 3 rings (SSSR count). The molecule has 0 aromatic heterocycles. The second-order valence-electron chi connectivity index (χ2n) is 5.91. The van der Waals surface area contributed by atoms with Crippen LogP contribution in [0.4, 0.5) is 5.69 Å². The number of nitrogens with one attached hydrogen (secondary N) is 2. The van der Waals surface area contributed by atoms with E-state index in [-0.39, 0.29) is 53.1 Å². The summed E-state index contributed by atoms with van der Waals surface area (Å²) in [6.45, 7) is 0.308. The summed E-state index contributed by atoms with van der Waals surface area (Å²) in [5, 5.41) is 5.18. The maximum absolute atomic E-state index is 12.9. The molecule has 0 unspecified atom stereocenters. The van der Waals surface area contributed by atoms with Crippen LogP contribution in [0.25, 0.3) is 0 Å². The van der Waals surface area contributed by atoms with Crippen LogP contribution in [0.15, 0.2) is 17.0 Å². The number of sulfonamides is 1. The normalized spacial score (nSPS) is 18.9. The van der Waals surface area contributed by atoms with Crippen molar-refractivity contribution in [3.63, 3.8) is 0 Å². The molecule has 10 heteroatoms. The van der Waals surface area contributed by atoms with Crippen molar-refractivity contribution in [3.05, 3.63) is 17.2 Å². The van der Waals surface area contributed by atoms with Gasteiger partial charge < -0.3 is 15.4 Å². The molecule has 2 amide bonds. The van der Waals surface area contributed by atoms with Gasteiger partial charge >= 0.3 is 0 Å². The second-order valence-corrected chi connectivity index (χ2v) is 8.22. The van der Waals surface area contributed by atoms with Gasteiger partial charge in [-0.1, -0.05) is 11.6 Å². The smallest absolute Gasteiger partial charge is 0.262 e. The minimum absolute atomic E-state index is 0.0120. The largest absolute Gasteiger partial charge is 0.482 e. The van der Waals surface area contributed by atoms with Crippen molar-refractivity contribution >= 4 is 39.1 Å². The monoisotopic (exact) mass is 387 g/mol. The summed E-state index contributed by atoms with van der Waals surface area (Å²) < 4.78 is 32.4. The summed E-state index contributed by atoms with van der Waals surface area (Å²) >= 11 is 6.14. The molecule has 1 aromatic rings. The molecule has 2 N–H and O–H groups in total. The van der Waals surface area contributed by atoms with Crippen molar-refractivity contribution in [3.8, 4) is 5.75 Å². The number of fused-ring (bicyclic) bond motifs is 1. The van der Waals surface area contributed by atoms with E-state index in [0.717, 1.165) is 0 Å². The number of hydrogen-bond acceptors (Lipinski definition) is 5. The molecule has 1 aromatic carbocycles. The van der Waals surface area contributed by atoms with Crippen LogP contribution in [0.1, 0.15) is 12.8 Å². The number of piperidine rings is 1. The van der Waals surface area contributed by atoms with Crippen molar-refractivity contribution in [2.24, 2.45) is 5.92 Å².